The van der Waals surface area contributed by atoms with Crippen molar-refractivity contribution in [3.63, 3.8) is 0 Å². The molecule has 0 saturated heterocycles. The number of benzene rings is 2. The molecule has 0 spiro atoms. The molecule has 2 N–H and O–H groups in total. The van der Waals surface area contributed by atoms with Crippen LogP contribution in [0.1, 0.15) is 11.1 Å². The summed E-state index contributed by atoms with van der Waals surface area (Å²) in [4.78, 5) is 0. The first kappa shape index (κ1) is 15.8. The van der Waals surface area contributed by atoms with Crippen molar-refractivity contribution in [3.8, 4) is 0 Å². The Morgan fingerprint density at radius 3 is 2.48 bits per heavy atom. The molecular formula is C15H13Cl2N3S. The summed E-state index contributed by atoms with van der Waals surface area (Å²) in [5.74, 6) is 0. The molecule has 108 valence electrons. The van der Waals surface area contributed by atoms with Crippen LogP contribution in [0.4, 0.5) is 5.69 Å². The molecule has 0 fully saturated rings. The second-order valence-corrected chi connectivity index (χ2v) is 5.55. The molecule has 0 heterocycles. The minimum Gasteiger partial charge on any atom is -0.331 e. The number of rotatable bonds is 3. The van der Waals surface area contributed by atoms with Gasteiger partial charge in [0.15, 0.2) is 5.11 Å². The predicted octanol–water partition coefficient (Wildman–Crippen LogP) is 4.62. The van der Waals surface area contributed by atoms with E-state index in [9.17, 15) is 0 Å². The molecular weight excluding hydrogens is 325 g/mol. The molecule has 0 amide bonds. The van der Waals surface area contributed by atoms with E-state index in [2.05, 4.69) is 15.8 Å². The van der Waals surface area contributed by atoms with Crippen LogP contribution in [0.3, 0.4) is 0 Å². The lowest BCUT2D eigenvalue weighted by atomic mass is 10.2. The number of thiocarbonyl (C=S) groups is 1. The highest BCUT2D eigenvalue weighted by Gasteiger charge is 2.02. The van der Waals surface area contributed by atoms with Gasteiger partial charge in [0, 0.05) is 11.3 Å². The smallest absolute Gasteiger partial charge is 0.191 e. The fraction of sp³-hybridized carbons (Fsp3) is 0.0667. The third-order valence-corrected chi connectivity index (χ3v) is 3.49. The molecule has 0 saturated carbocycles. The summed E-state index contributed by atoms with van der Waals surface area (Å²) in [5.41, 5.74) is 5.42. The molecule has 2 aromatic rings. The van der Waals surface area contributed by atoms with E-state index in [0.29, 0.717) is 20.7 Å². The predicted molar refractivity (Wildman–Crippen MR) is 94.6 cm³/mol. The fourth-order valence-electron chi connectivity index (χ4n) is 1.67. The van der Waals surface area contributed by atoms with Gasteiger partial charge in [-0.2, -0.15) is 5.10 Å². The molecule has 0 bridgehead atoms. The highest BCUT2D eigenvalue weighted by atomic mass is 35.5. The maximum atomic E-state index is 6.04. The number of aryl methyl sites for hydroxylation is 1. The maximum Gasteiger partial charge on any atom is 0.191 e. The highest BCUT2D eigenvalue weighted by molar-refractivity contribution is 7.80. The van der Waals surface area contributed by atoms with E-state index in [1.807, 2.05) is 31.2 Å². The molecule has 0 unspecified atom stereocenters. The van der Waals surface area contributed by atoms with E-state index in [4.69, 9.17) is 35.4 Å². The zero-order chi connectivity index (χ0) is 15.2. The largest absolute Gasteiger partial charge is 0.331 e. The number of halogens is 2. The molecule has 6 heteroatoms. The van der Waals surface area contributed by atoms with Crippen molar-refractivity contribution in [3.05, 3.63) is 63.6 Å². The summed E-state index contributed by atoms with van der Waals surface area (Å²) in [7, 11) is 0. The van der Waals surface area contributed by atoms with E-state index in [1.165, 1.54) is 6.21 Å². The van der Waals surface area contributed by atoms with Gasteiger partial charge in [0.25, 0.3) is 0 Å². The Morgan fingerprint density at radius 2 is 1.81 bits per heavy atom. The molecule has 0 aliphatic rings. The van der Waals surface area contributed by atoms with Crippen LogP contribution in [-0.4, -0.2) is 11.3 Å². The first-order valence-corrected chi connectivity index (χ1v) is 7.33. The van der Waals surface area contributed by atoms with Crippen LogP contribution in [0.25, 0.3) is 0 Å². The Kier molecular flexibility index (Phi) is 5.56. The number of hydrogen-bond acceptors (Lipinski definition) is 2. The van der Waals surface area contributed by atoms with Crippen molar-refractivity contribution in [2.75, 3.05) is 5.32 Å². The number of hydrogen-bond donors (Lipinski definition) is 2. The van der Waals surface area contributed by atoms with Crippen LogP contribution in [0.15, 0.2) is 47.6 Å². The van der Waals surface area contributed by atoms with Crippen LogP contribution >= 0.6 is 35.4 Å². The quantitative estimate of drug-likeness (QED) is 0.487. The van der Waals surface area contributed by atoms with Gasteiger partial charge < -0.3 is 5.32 Å². The Balaban J connectivity index is 1.96. The molecule has 2 aromatic carbocycles. The average molecular weight is 338 g/mol. The van der Waals surface area contributed by atoms with Crippen molar-refractivity contribution in [2.24, 2.45) is 5.10 Å². The van der Waals surface area contributed by atoms with E-state index in [1.54, 1.807) is 18.2 Å². The van der Waals surface area contributed by atoms with Crippen LogP contribution in [-0.2, 0) is 0 Å². The van der Waals surface area contributed by atoms with E-state index < -0.39 is 0 Å². The topological polar surface area (TPSA) is 36.4 Å². The van der Waals surface area contributed by atoms with E-state index in [-0.39, 0.29) is 0 Å². The molecule has 2 rings (SSSR count). The van der Waals surface area contributed by atoms with Gasteiger partial charge in [0.1, 0.15) is 0 Å². The monoisotopic (exact) mass is 337 g/mol. The first-order chi connectivity index (χ1) is 10.1. The van der Waals surface area contributed by atoms with Crippen molar-refractivity contribution in [1.29, 1.82) is 0 Å². The van der Waals surface area contributed by atoms with Crippen LogP contribution in [0.2, 0.25) is 10.0 Å². The summed E-state index contributed by atoms with van der Waals surface area (Å²) in [6.45, 7) is 2.01. The third kappa shape index (κ3) is 4.70. The van der Waals surface area contributed by atoms with Gasteiger partial charge in [-0.25, -0.2) is 0 Å². The second-order valence-electron chi connectivity index (χ2n) is 4.33. The van der Waals surface area contributed by atoms with Crippen LogP contribution in [0.5, 0.6) is 0 Å². The maximum absolute atomic E-state index is 6.04. The SMILES string of the molecule is Cc1cccc(NC(=S)NN=Cc2c(Cl)cccc2Cl)c1. The molecule has 0 atom stereocenters. The third-order valence-electron chi connectivity index (χ3n) is 2.64. The fourth-order valence-corrected chi connectivity index (χ4v) is 2.34. The van der Waals surface area contributed by atoms with E-state index >= 15 is 0 Å². The summed E-state index contributed by atoms with van der Waals surface area (Å²) >= 11 is 17.2. The number of nitrogens with zero attached hydrogens (tertiary/aromatic N) is 1. The Labute approximate surface area is 139 Å². The van der Waals surface area contributed by atoms with Crippen molar-refractivity contribution in [1.82, 2.24) is 5.43 Å². The Bertz CT molecular complexity index is 666. The molecule has 21 heavy (non-hydrogen) atoms. The van der Waals surface area contributed by atoms with Crippen molar-refractivity contribution in [2.45, 2.75) is 6.92 Å². The molecule has 3 nitrogen and oxygen atoms in total. The summed E-state index contributed by atoms with van der Waals surface area (Å²) in [5, 5.41) is 8.53. The zero-order valence-corrected chi connectivity index (χ0v) is 13.6. The molecule has 0 aliphatic carbocycles. The standard InChI is InChI=1S/C15H13Cl2N3S/c1-10-4-2-5-11(8-10)19-15(21)20-18-9-12-13(16)6-3-7-14(12)17/h2-9H,1H3,(H2,19,20,21). The summed E-state index contributed by atoms with van der Waals surface area (Å²) in [6, 6.07) is 13.2. The molecule has 0 aliphatic heterocycles. The lowest BCUT2D eigenvalue weighted by Crippen LogP contribution is -2.23. The van der Waals surface area contributed by atoms with Crippen LogP contribution < -0.4 is 10.7 Å². The summed E-state index contributed by atoms with van der Waals surface area (Å²) in [6.07, 6.45) is 1.54. The van der Waals surface area contributed by atoms with Gasteiger partial charge in [-0.3, -0.25) is 5.43 Å². The number of nitrogens with one attached hydrogen (secondary N) is 2. The van der Waals surface area contributed by atoms with Crippen molar-refractivity contribution < 1.29 is 0 Å². The van der Waals surface area contributed by atoms with Gasteiger partial charge in [-0.05, 0) is 49.0 Å². The highest BCUT2D eigenvalue weighted by Crippen LogP contribution is 2.21. The first-order valence-electron chi connectivity index (χ1n) is 6.17. The van der Waals surface area contributed by atoms with Gasteiger partial charge in [0.05, 0.1) is 16.3 Å². The minimum atomic E-state index is 0.389. The normalized spacial score (nSPS) is 10.6. The summed E-state index contributed by atoms with van der Waals surface area (Å²) < 4.78 is 0. The van der Waals surface area contributed by atoms with Crippen molar-refractivity contribution >= 4 is 52.4 Å². The van der Waals surface area contributed by atoms with Gasteiger partial charge in [-0.15, -0.1) is 0 Å². The lowest BCUT2D eigenvalue weighted by molar-refractivity contribution is 1.05. The van der Waals surface area contributed by atoms with Gasteiger partial charge >= 0.3 is 0 Å². The number of hydrazone groups is 1. The lowest BCUT2D eigenvalue weighted by Gasteiger charge is -2.07. The molecule has 0 radical (unpaired) electrons. The average Bonchev–Trinajstić information content (AvgIpc) is 2.42. The molecule has 0 aromatic heterocycles. The van der Waals surface area contributed by atoms with Gasteiger partial charge in [-0.1, -0.05) is 41.4 Å². The number of anilines is 1. The van der Waals surface area contributed by atoms with Gasteiger partial charge in [0.2, 0.25) is 0 Å². The van der Waals surface area contributed by atoms with E-state index in [0.717, 1.165) is 11.3 Å². The Hall–Kier alpha value is -1.62. The Morgan fingerprint density at radius 1 is 1.14 bits per heavy atom. The van der Waals surface area contributed by atoms with Crippen LogP contribution in [0, 0.1) is 6.92 Å². The second kappa shape index (κ2) is 7.41. The minimum absolute atomic E-state index is 0.389. The zero-order valence-electron chi connectivity index (χ0n) is 11.2.